The first-order valence-corrected chi connectivity index (χ1v) is 12.4. The molecule has 2 aromatic rings. The molecule has 0 aliphatic carbocycles. The van der Waals surface area contributed by atoms with Crippen molar-refractivity contribution in [2.24, 2.45) is 0 Å². The number of rotatable bonds is 5. The molecule has 9 heteroatoms. The highest BCUT2D eigenvalue weighted by Crippen LogP contribution is 2.34. The molecule has 3 heterocycles. The van der Waals surface area contributed by atoms with Crippen LogP contribution in [-0.4, -0.2) is 75.1 Å². The van der Waals surface area contributed by atoms with E-state index in [1.54, 1.807) is 6.07 Å². The second-order valence-corrected chi connectivity index (χ2v) is 10.3. The summed E-state index contributed by atoms with van der Waals surface area (Å²) in [6.45, 7) is 6.83. The van der Waals surface area contributed by atoms with Gasteiger partial charge in [0.15, 0.2) is 0 Å². The number of anilines is 2. The average molecular weight is 482 g/mol. The van der Waals surface area contributed by atoms with E-state index in [1.807, 2.05) is 13.0 Å². The number of likely N-dealkylation sites (N-methyl/N-ethyl adjacent to an activating group) is 1. The number of para-hydroxylation sites is 1. The summed E-state index contributed by atoms with van der Waals surface area (Å²) in [6.07, 6.45) is 0.291. The van der Waals surface area contributed by atoms with E-state index < -0.39 is 5.82 Å². The fraction of sp³-hybridized carbons (Fsp3) is 0.500. The van der Waals surface area contributed by atoms with Gasteiger partial charge in [-0.1, -0.05) is 24.3 Å². The Hall–Kier alpha value is -2.56. The maximum Gasteiger partial charge on any atom is 0.243 e. The smallest absolute Gasteiger partial charge is 0.243 e. The third-order valence-corrected chi connectivity index (χ3v) is 7.34. The fourth-order valence-corrected chi connectivity index (χ4v) is 5.46. The van der Waals surface area contributed by atoms with Gasteiger partial charge < -0.3 is 14.7 Å². The molecule has 35 heavy (non-hydrogen) atoms. The summed E-state index contributed by atoms with van der Waals surface area (Å²) in [7, 11) is 6.36. The number of carbonyl (C=O) groups is 1. The van der Waals surface area contributed by atoms with Crippen molar-refractivity contribution in [3.8, 4) is 0 Å². The van der Waals surface area contributed by atoms with Crippen LogP contribution in [0.3, 0.4) is 0 Å². The second-order valence-electron chi connectivity index (χ2n) is 10.3. The van der Waals surface area contributed by atoms with Crippen molar-refractivity contribution in [1.29, 1.82) is 0 Å². The molecule has 3 aliphatic rings. The molecule has 3 N–H and O–H groups in total. The molecule has 3 aliphatic heterocycles. The molecule has 0 spiro atoms. The maximum absolute atomic E-state index is 14.7. The normalized spacial score (nSPS) is 25.4. The Kier molecular flexibility index (Phi) is 6.78. The van der Waals surface area contributed by atoms with Gasteiger partial charge in [0.1, 0.15) is 5.82 Å². The lowest BCUT2D eigenvalue weighted by Gasteiger charge is -2.38. The number of hydrogen-bond donors (Lipinski definition) is 3. The Morgan fingerprint density at radius 3 is 2.57 bits per heavy atom. The molecule has 2 aromatic carbocycles. The van der Waals surface area contributed by atoms with E-state index in [9.17, 15) is 9.18 Å². The first-order chi connectivity index (χ1) is 16.8. The van der Waals surface area contributed by atoms with Crippen molar-refractivity contribution in [3.63, 3.8) is 0 Å². The van der Waals surface area contributed by atoms with Gasteiger partial charge in [0, 0.05) is 50.9 Å². The van der Waals surface area contributed by atoms with E-state index in [0.717, 1.165) is 43.9 Å². The number of nitrogens with zero attached hydrogens (tertiary/aromatic N) is 4. The Labute approximate surface area is 207 Å². The van der Waals surface area contributed by atoms with Gasteiger partial charge in [0.25, 0.3) is 0 Å². The molecule has 3 saturated heterocycles. The van der Waals surface area contributed by atoms with Crippen LogP contribution in [0.25, 0.3) is 0 Å². The van der Waals surface area contributed by atoms with Gasteiger partial charge in [-0.25, -0.2) is 20.3 Å². The van der Waals surface area contributed by atoms with Crippen molar-refractivity contribution in [3.05, 3.63) is 58.9 Å². The van der Waals surface area contributed by atoms with E-state index in [2.05, 4.69) is 70.3 Å². The van der Waals surface area contributed by atoms with Crippen molar-refractivity contribution in [1.82, 2.24) is 26.1 Å². The van der Waals surface area contributed by atoms with Crippen LogP contribution in [0.15, 0.2) is 36.4 Å². The first kappa shape index (κ1) is 24.1. The molecule has 0 aromatic heterocycles. The number of nitrogens with one attached hydrogen (secondary N) is 3. The SMILES string of the molecule is Cc1cccc(F)c1N1NC2C(CC1=O)NNC2c1ccc(N2CCN(C)CC2)c(CN(C)C)c1. The lowest BCUT2D eigenvalue weighted by molar-refractivity contribution is -0.121. The highest BCUT2D eigenvalue weighted by Gasteiger charge is 2.44. The highest BCUT2D eigenvalue weighted by atomic mass is 19.1. The van der Waals surface area contributed by atoms with Crippen LogP contribution in [0.4, 0.5) is 15.8 Å². The minimum atomic E-state index is -0.399. The minimum Gasteiger partial charge on any atom is -0.369 e. The zero-order valence-corrected chi connectivity index (χ0v) is 21.0. The van der Waals surface area contributed by atoms with Gasteiger partial charge in [-0.3, -0.25) is 10.2 Å². The van der Waals surface area contributed by atoms with Gasteiger partial charge in [0.2, 0.25) is 5.91 Å². The summed E-state index contributed by atoms with van der Waals surface area (Å²) in [4.78, 5) is 20.0. The molecular weight excluding hydrogens is 445 g/mol. The van der Waals surface area contributed by atoms with Crippen LogP contribution in [0, 0.1) is 12.7 Å². The van der Waals surface area contributed by atoms with Gasteiger partial charge in [-0.15, -0.1) is 0 Å². The number of piperazine rings is 1. The zero-order valence-electron chi connectivity index (χ0n) is 21.0. The number of hydrazine groups is 2. The predicted octanol–water partition coefficient (Wildman–Crippen LogP) is 1.78. The molecule has 3 unspecified atom stereocenters. The highest BCUT2D eigenvalue weighted by molar-refractivity contribution is 5.94. The van der Waals surface area contributed by atoms with Crippen LogP contribution in [-0.2, 0) is 11.3 Å². The van der Waals surface area contributed by atoms with E-state index in [-0.39, 0.29) is 24.0 Å². The summed E-state index contributed by atoms with van der Waals surface area (Å²) in [5, 5.41) is 1.41. The van der Waals surface area contributed by atoms with Crippen molar-refractivity contribution in [2.45, 2.75) is 38.0 Å². The lowest BCUT2D eigenvalue weighted by Crippen LogP contribution is -2.60. The van der Waals surface area contributed by atoms with Gasteiger partial charge in [0.05, 0.1) is 17.8 Å². The Balaban J connectivity index is 1.43. The summed E-state index contributed by atoms with van der Waals surface area (Å²) in [6, 6.07) is 11.4. The third kappa shape index (κ3) is 4.79. The Morgan fingerprint density at radius 1 is 1.09 bits per heavy atom. The topological polar surface area (TPSA) is 66.1 Å². The van der Waals surface area contributed by atoms with Crippen LogP contribution in [0.1, 0.15) is 29.2 Å². The van der Waals surface area contributed by atoms with Crippen LogP contribution in [0.2, 0.25) is 0 Å². The predicted molar refractivity (Wildman–Crippen MR) is 137 cm³/mol. The summed E-state index contributed by atoms with van der Waals surface area (Å²) >= 11 is 0. The Morgan fingerprint density at radius 2 is 1.86 bits per heavy atom. The molecule has 188 valence electrons. The third-order valence-electron chi connectivity index (χ3n) is 7.34. The average Bonchev–Trinajstić information content (AvgIpc) is 3.22. The molecule has 5 rings (SSSR count). The largest absolute Gasteiger partial charge is 0.369 e. The molecule has 0 saturated carbocycles. The number of amides is 1. The molecule has 0 bridgehead atoms. The maximum atomic E-state index is 14.7. The van der Waals surface area contributed by atoms with Crippen molar-refractivity contribution < 1.29 is 9.18 Å². The van der Waals surface area contributed by atoms with Crippen LogP contribution >= 0.6 is 0 Å². The number of aryl methyl sites for hydroxylation is 1. The van der Waals surface area contributed by atoms with E-state index in [0.29, 0.717) is 12.1 Å². The van der Waals surface area contributed by atoms with Crippen LogP contribution in [0.5, 0.6) is 0 Å². The second kappa shape index (κ2) is 9.83. The molecule has 0 radical (unpaired) electrons. The molecular formula is C26H36FN7O. The first-order valence-electron chi connectivity index (χ1n) is 12.4. The quantitative estimate of drug-likeness (QED) is 0.602. The van der Waals surface area contributed by atoms with Gasteiger partial charge >= 0.3 is 0 Å². The van der Waals surface area contributed by atoms with Crippen molar-refractivity contribution >= 4 is 17.3 Å². The molecule has 3 atom stereocenters. The number of halogens is 1. The summed E-state index contributed by atoms with van der Waals surface area (Å²) in [5.41, 5.74) is 14.8. The van der Waals surface area contributed by atoms with Gasteiger partial charge in [-0.2, -0.15) is 0 Å². The van der Waals surface area contributed by atoms with Crippen molar-refractivity contribution in [2.75, 3.05) is 57.2 Å². The Bertz CT molecular complexity index is 1070. The van der Waals surface area contributed by atoms with E-state index in [1.165, 1.54) is 22.3 Å². The fourth-order valence-electron chi connectivity index (χ4n) is 5.46. The zero-order chi connectivity index (χ0) is 24.7. The number of hydrogen-bond acceptors (Lipinski definition) is 7. The summed E-state index contributed by atoms with van der Waals surface area (Å²) in [5.74, 6) is -0.544. The monoisotopic (exact) mass is 481 g/mol. The number of fused-ring (bicyclic) bond motifs is 1. The molecule has 1 amide bonds. The molecule has 3 fully saturated rings. The minimum absolute atomic E-state index is 0.0647. The standard InChI is InChI=1S/C26H36FN7O/c1-17-6-5-7-20(27)26(17)34-23(35)15-21-25(30-34)24(29-28-21)18-8-9-22(19(14-18)16-31(2)3)33-12-10-32(4)11-13-33/h5-9,14,21,24-25,28-30H,10-13,15-16H2,1-4H3. The molecule has 8 nitrogen and oxygen atoms in total. The van der Waals surface area contributed by atoms with Crippen LogP contribution < -0.4 is 26.2 Å². The van der Waals surface area contributed by atoms with E-state index in [4.69, 9.17) is 0 Å². The van der Waals surface area contributed by atoms with E-state index >= 15 is 0 Å². The number of benzene rings is 2. The lowest BCUT2D eigenvalue weighted by atomic mass is 9.91. The number of carbonyl (C=O) groups excluding carboxylic acids is 1. The van der Waals surface area contributed by atoms with Gasteiger partial charge in [-0.05, 0) is 56.9 Å². The summed E-state index contributed by atoms with van der Waals surface area (Å²) < 4.78 is 14.7.